The van der Waals surface area contributed by atoms with Crippen LogP contribution >= 0.6 is 34.3 Å². The molecule has 0 amide bonds. The van der Waals surface area contributed by atoms with Crippen LogP contribution in [0.15, 0.2) is 79.4 Å². The van der Waals surface area contributed by atoms with Crippen LogP contribution in [0.5, 0.6) is 0 Å². The molecule has 34 heavy (non-hydrogen) atoms. The molecule has 0 N–H and O–H groups in total. The van der Waals surface area contributed by atoms with Gasteiger partial charge in [0.15, 0.2) is 4.80 Å². The number of allylic oxidation sites excluding steroid dienone is 1. The lowest BCUT2D eigenvalue weighted by Gasteiger charge is -2.23. The fourth-order valence-electron chi connectivity index (χ4n) is 3.86. The van der Waals surface area contributed by atoms with Gasteiger partial charge in [-0.2, -0.15) is 0 Å². The Kier molecular flexibility index (Phi) is 6.12. The molecule has 1 aliphatic heterocycles. The van der Waals surface area contributed by atoms with Gasteiger partial charge in [0.25, 0.3) is 5.56 Å². The second-order valence-corrected chi connectivity index (χ2v) is 9.95. The van der Waals surface area contributed by atoms with E-state index >= 15 is 0 Å². The fraction of sp³-hybridized carbons (Fsp3) is 0.160. The lowest BCUT2D eigenvalue weighted by atomic mass is 10.0. The van der Waals surface area contributed by atoms with E-state index in [2.05, 4.69) is 4.99 Å². The largest absolute Gasteiger partial charge is 0.463 e. The molecule has 1 aromatic carbocycles. The molecule has 172 valence electrons. The second kappa shape index (κ2) is 9.21. The summed E-state index contributed by atoms with van der Waals surface area (Å²) < 4.78 is 13.3. The molecular formula is C25H19ClN2O4S2. The Morgan fingerprint density at radius 1 is 1.26 bits per heavy atom. The Hall–Kier alpha value is -3.20. The highest BCUT2D eigenvalue weighted by molar-refractivity contribution is 7.10. The molecular weight excluding hydrogens is 492 g/mol. The molecule has 0 unspecified atom stereocenters. The van der Waals surface area contributed by atoms with E-state index in [9.17, 15) is 9.59 Å². The van der Waals surface area contributed by atoms with Crippen molar-refractivity contribution in [2.24, 2.45) is 4.99 Å². The van der Waals surface area contributed by atoms with Crippen molar-refractivity contribution in [1.29, 1.82) is 0 Å². The zero-order valence-electron chi connectivity index (χ0n) is 18.3. The number of benzene rings is 1. The van der Waals surface area contributed by atoms with Gasteiger partial charge < -0.3 is 9.15 Å². The maximum absolute atomic E-state index is 13.5. The summed E-state index contributed by atoms with van der Waals surface area (Å²) in [6, 6.07) is 14.2. The first-order valence-electron chi connectivity index (χ1n) is 10.5. The number of hydrogen-bond acceptors (Lipinski definition) is 7. The average Bonchev–Trinajstić information content (AvgIpc) is 3.55. The highest BCUT2D eigenvalue weighted by Gasteiger charge is 2.33. The van der Waals surface area contributed by atoms with Gasteiger partial charge >= 0.3 is 5.97 Å². The molecule has 1 atom stereocenters. The summed E-state index contributed by atoms with van der Waals surface area (Å²) in [6.07, 6.45) is 1.70. The number of halogens is 1. The van der Waals surface area contributed by atoms with Gasteiger partial charge in [0.2, 0.25) is 0 Å². The van der Waals surface area contributed by atoms with Crippen LogP contribution in [0.25, 0.3) is 17.4 Å². The van der Waals surface area contributed by atoms with Gasteiger partial charge in [-0.05, 0) is 49.6 Å². The van der Waals surface area contributed by atoms with Gasteiger partial charge in [0.1, 0.15) is 17.6 Å². The number of rotatable bonds is 5. The highest BCUT2D eigenvalue weighted by atomic mass is 35.5. The minimum Gasteiger partial charge on any atom is -0.463 e. The predicted molar refractivity (Wildman–Crippen MR) is 134 cm³/mol. The van der Waals surface area contributed by atoms with E-state index < -0.39 is 12.0 Å². The summed E-state index contributed by atoms with van der Waals surface area (Å²) in [6.45, 7) is 3.77. The molecule has 0 saturated carbocycles. The summed E-state index contributed by atoms with van der Waals surface area (Å²) >= 11 is 8.84. The van der Waals surface area contributed by atoms with E-state index in [0.717, 1.165) is 10.4 Å². The molecule has 9 heteroatoms. The van der Waals surface area contributed by atoms with Crippen molar-refractivity contribution in [2.45, 2.75) is 19.9 Å². The monoisotopic (exact) mass is 510 g/mol. The number of aromatic nitrogens is 1. The molecule has 0 spiro atoms. The number of hydrogen-bond donors (Lipinski definition) is 0. The smallest absolute Gasteiger partial charge is 0.338 e. The third kappa shape index (κ3) is 4.09. The first-order chi connectivity index (χ1) is 16.5. The van der Waals surface area contributed by atoms with Crippen molar-refractivity contribution in [3.63, 3.8) is 0 Å². The van der Waals surface area contributed by atoms with Crippen molar-refractivity contribution in [3.05, 3.63) is 101 Å². The summed E-state index contributed by atoms with van der Waals surface area (Å²) in [4.78, 5) is 32.3. The molecule has 0 bridgehead atoms. The van der Waals surface area contributed by atoms with Crippen LogP contribution < -0.4 is 14.9 Å². The number of carbonyl (C=O) groups excluding carboxylic acids is 1. The number of carbonyl (C=O) groups is 1. The summed E-state index contributed by atoms with van der Waals surface area (Å²) in [5.41, 5.74) is 1.54. The number of ether oxygens (including phenoxy) is 1. The van der Waals surface area contributed by atoms with Crippen LogP contribution in [0.1, 0.15) is 30.5 Å². The van der Waals surface area contributed by atoms with Crippen molar-refractivity contribution in [3.8, 4) is 11.3 Å². The van der Waals surface area contributed by atoms with Crippen LogP contribution in [0.4, 0.5) is 0 Å². The molecule has 0 saturated heterocycles. The molecule has 0 fully saturated rings. The molecule has 6 nitrogen and oxygen atoms in total. The Labute approximate surface area is 207 Å². The van der Waals surface area contributed by atoms with Crippen molar-refractivity contribution in [1.82, 2.24) is 4.57 Å². The van der Waals surface area contributed by atoms with Crippen LogP contribution in [-0.2, 0) is 9.53 Å². The third-order valence-corrected chi connectivity index (χ3v) is 7.48. The number of esters is 1. The molecule has 3 aromatic heterocycles. The zero-order chi connectivity index (χ0) is 23.8. The Balaban J connectivity index is 1.62. The van der Waals surface area contributed by atoms with E-state index in [1.807, 2.05) is 41.8 Å². The SMILES string of the molecule is CCOC(=O)C1=C(C)N=c2s/c(=C/c3ccc(-c4cccc(Cl)c4)o3)c(=O)n2[C@H]1c1cccs1. The summed E-state index contributed by atoms with van der Waals surface area (Å²) in [5, 5.41) is 2.54. The molecule has 0 radical (unpaired) electrons. The predicted octanol–water partition coefficient (Wildman–Crippen LogP) is 4.77. The van der Waals surface area contributed by atoms with Crippen LogP contribution in [-0.4, -0.2) is 17.1 Å². The quantitative estimate of drug-likeness (QED) is 0.362. The van der Waals surface area contributed by atoms with Crippen molar-refractivity contribution < 1.29 is 13.9 Å². The maximum Gasteiger partial charge on any atom is 0.338 e. The number of fused-ring (bicyclic) bond motifs is 1. The lowest BCUT2D eigenvalue weighted by Crippen LogP contribution is -2.39. The number of thiazole rings is 1. The highest BCUT2D eigenvalue weighted by Crippen LogP contribution is 2.33. The molecule has 1 aliphatic rings. The van der Waals surface area contributed by atoms with Gasteiger partial charge in [-0.3, -0.25) is 9.36 Å². The lowest BCUT2D eigenvalue weighted by molar-refractivity contribution is -0.139. The van der Waals surface area contributed by atoms with E-state index in [-0.39, 0.29) is 12.2 Å². The maximum atomic E-state index is 13.5. The van der Waals surface area contributed by atoms with Gasteiger partial charge in [-0.15, -0.1) is 11.3 Å². The van der Waals surface area contributed by atoms with Crippen LogP contribution in [0, 0.1) is 0 Å². The van der Waals surface area contributed by atoms with Gasteiger partial charge in [-0.25, -0.2) is 9.79 Å². The topological polar surface area (TPSA) is 73.8 Å². The zero-order valence-corrected chi connectivity index (χ0v) is 20.7. The van der Waals surface area contributed by atoms with Crippen LogP contribution in [0.3, 0.4) is 0 Å². The van der Waals surface area contributed by atoms with E-state index in [0.29, 0.717) is 37.1 Å². The Bertz CT molecular complexity index is 1590. The van der Waals surface area contributed by atoms with E-state index in [4.69, 9.17) is 20.8 Å². The standard InChI is InChI=1S/C25H19ClN2O4S2/c1-3-31-24(30)21-14(2)27-25-28(22(21)19-8-5-11-33-19)23(29)20(34-25)13-17-9-10-18(32-17)15-6-4-7-16(26)12-15/h4-13,22H,3H2,1-2H3/b20-13+/t22-/m0/s1. The first-order valence-corrected chi connectivity index (χ1v) is 12.6. The molecule has 4 heterocycles. The van der Waals surface area contributed by atoms with Gasteiger partial charge in [-0.1, -0.05) is 41.1 Å². The van der Waals surface area contributed by atoms with E-state index in [1.165, 1.54) is 22.7 Å². The minimum absolute atomic E-state index is 0.239. The Morgan fingerprint density at radius 2 is 2.12 bits per heavy atom. The second-order valence-electron chi connectivity index (χ2n) is 7.53. The normalized spacial score (nSPS) is 15.9. The molecule has 0 aliphatic carbocycles. The van der Waals surface area contributed by atoms with Gasteiger partial charge in [0.05, 0.1) is 22.4 Å². The molecule has 4 aromatic rings. The average molecular weight is 511 g/mol. The number of nitrogens with zero attached hydrogens (tertiary/aromatic N) is 2. The summed E-state index contributed by atoms with van der Waals surface area (Å²) in [5.74, 6) is 0.723. The number of furan rings is 1. The number of thiophene rings is 1. The summed E-state index contributed by atoms with van der Waals surface area (Å²) in [7, 11) is 0. The van der Waals surface area contributed by atoms with Gasteiger partial charge in [0, 0.05) is 21.5 Å². The van der Waals surface area contributed by atoms with E-state index in [1.54, 1.807) is 36.6 Å². The van der Waals surface area contributed by atoms with Crippen LogP contribution in [0.2, 0.25) is 5.02 Å². The fourth-order valence-corrected chi connectivity index (χ4v) is 5.90. The first kappa shape index (κ1) is 22.6. The van der Waals surface area contributed by atoms with Crippen molar-refractivity contribution >= 4 is 46.3 Å². The minimum atomic E-state index is -0.587. The molecule has 5 rings (SSSR count). The Morgan fingerprint density at radius 3 is 2.85 bits per heavy atom. The van der Waals surface area contributed by atoms with Crippen molar-refractivity contribution in [2.75, 3.05) is 6.61 Å². The third-order valence-electron chi connectivity index (χ3n) is 5.34.